The van der Waals surface area contributed by atoms with Crippen molar-refractivity contribution < 1.29 is 4.42 Å². The Labute approximate surface area is 104 Å². The van der Waals surface area contributed by atoms with Crippen LogP contribution in [0.3, 0.4) is 0 Å². The van der Waals surface area contributed by atoms with Crippen molar-refractivity contribution in [2.24, 2.45) is 5.92 Å². The summed E-state index contributed by atoms with van der Waals surface area (Å²) in [6.07, 6.45) is 2.65. The summed E-state index contributed by atoms with van der Waals surface area (Å²) in [5.74, 6) is 3.05. The number of furan rings is 1. The van der Waals surface area contributed by atoms with Crippen LogP contribution in [0.5, 0.6) is 0 Å². The van der Waals surface area contributed by atoms with Gasteiger partial charge in [-0.1, -0.05) is 20.3 Å². The molecule has 1 aliphatic rings. The van der Waals surface area contributed by atoms with Gasteiger partial charge in [-0.25, -0.2) is 0 Å². The van der Waals surface area contributed by atoms with Crippen LogP contribution < -0.4 is 5.32 Å². The minimum Gasteiger partial charge on any atom is -0.463 e. The monoisotopic (exact) mass is 236 g/mol. The fourth-order valence-corrected chi connectivity index (χ4v) is 2.46. The minimum absolute atomic E-state index is 0.841. The molecule has 0 radical (unpaired) electrons. The topological polar surface area (TPSA) is 28.4 Å². The second-order valence-corrected chi connectivity index (χ2v) is 4.95. The summed E-state index contributed by atoms with van der Waals surface area (Å²) in [5.41, 5.74) is 0. The predicted molar refractivity (Wildman–Crippen MR) is 69.8 cm³/mol. The third kappa shape index (κ3) is 3.58. The molecule has 0 saturated carbocycles. The molecule has 1 aromatic heterocycles. The van der Waals surface area contributed by atoms with Crippen molar-refractivity contribution in [3.8, 4) is 0 Å². The molecule has 0 amide bonds. The molecule has 2 rings (SSSR count). The van der Waals surface area contributed by atoms with Crippen molar-refractivity contribution in [1.82, 2.24) is 10.2 Å². The molecule has 2 heterocycles. The normalized spacial score (nSPS) is 21.2. The van der Waals surface area contributed by atoms with Gasteiger partial charge in [0.15, 0.2) is 0 Å². The van der Waals surface area contributed by atoms with Crippen molar-refractivity contribution in [3.05, 3.63) is 23.7 Å². The summed E-state index contributed by atoms with van der Waals surface area (Å²) < 4.78 is 5.81. The van der Waals surface area contributed by atoms with Crippen LogP contribution in [-0.2, 0) is 13.1 Å². The maximum Gasteiger partial charge on any atom is 0.118 e. The SMILES string of the molecule is CCNCc1ccc(CN2CCC(CC)C2)o1. The average molecular weight is 236 g/mol. The van der Waals surface area contributed by atoms with Crippen LogP contribution in [-0.4, -0.2) is 24.5 Å². The first-order valence-electron chi connectivity index (χ1n) is 6.82. The van der Waals surface area contributed by atoms with Crippen molar-refractivity contribution in [2.75, 3.05) is 19.6 Å². The molecule has 1 N–H and O–H groups in total. The lowest BCUT2D eigenvalue weighted by molar-refractivity contribution is 0.281. The number of nitrogens with zero attached hydrogens (tertiary/aromatic N) is 1. The van der Waals surface area contributed by atoms with E-state index in [-0.39, 0.29) is 0 Å². The number of rotatable bonds is 6. The van der Waals surface area contributed by atoms with E-state index in [2.05, 4.69) is 36.2 Å². The van der Waals surface area contributed by atoms with Crippen LogP contribution in [0.15, 0.2) is 16.5 Å². The molecule has 1 fully saturated rings. The van der Waals surface area contributed by atoms with Crippen molar-refractivity contribution >= 4 is 0 Å². The molecule has 1 aromatic rings. The van der Waals surface area contributed by atoms with Gasteiger partial charge in [0.2, 0.25) is 0 Å². The largest absolute Gasteiger partial charge is 0.463 e. The molecule has 1 unspecified atom stereocenters. The zero-order valence-electron chi connectivity index (χ0n) is 11.0. The highest BCUT2D eigenvalue weighted by Gasteiger charge is 2.21. The molecule has 3 nitrogen and oxygen atoms in total. The van der Waals surface area contributed by atoms with Crippen LogP contribution in [0.4, 0.5) is 0 Å². The fraction of sp³-hybridized carbons (Fsp3) is 0.714. The summed E-state index contributed by atoms with van der Waals surface area (Å²) in [7, 11) is 0. The molecule has 1 atom stereocenters. The van der Waals surface area contributed by atoms with E-state index in [1.807, 2.05) is 0 Å². The molecule has 1 saturated heterocycles. The van der Waals surface area contributed by atoms with Gasteiger partial charge >= 0.3 is 0 Å². The van der Waals surface area contributed by atoms with Crippen molar-refractivity contribution in [1.29, 1.82) is 0 Å². The standard InChI is InChI=1S/C14H24N2O/c1-3-12-7-8-16(10-12)11-14-6-5-13(17-14)9-15-4-2/h5-6,12,15H,3-4,7-11H2,1-2H3. The second kappa shape index (κ2) is 6.22. The summed E-state index contributed by atoms with van der Waals surface area (Å²) in [5, 5.41) is 3.28. The molecule has 0 aromatic carbocycles. The Kier molecular flexibility index (Phi) is 4.63. The first kappa shape index (κ1) is 12.7. The molecule has 96 valence electrons. The smallest absolute Gasteiger partial charge is 0.118 e. The third-order valence-electron chi connectivity index (χ3n) is 3.59. The van der Waals surface area contributed by atoms with Crippen LogP contribution >= 0.6 is 0 Å². The van der Waals surface area contributed by atoms with E-state index < -0.39 is 0 Å². The van der Waals surface area contributed by atoms with Gasteiger partial charge in [-0.05, 0) is 37.6 Å². The van der Waals surface area contributed by atoms with E-state index in [0.717, 1.165) is 37.1 Å². The van der Waals surface area contributed by atoms with E-state index >= 15 is 0 Å². The highest BCUT2D eigenvalue weighted by atomic mass is 16.3. The lowest BCUT2D eigenvalue weighted by Gasteiger charge is -2.13. The highest BCUT2D eigenvalue weighted by Crippen LogP contribution is 2.21. The Morgan fingerprint density at radius 3 is 2.88 bits per heavy atom. The molecule has 0 bridgehead atoms. The summed E-state index contributed by atoms with van der Waals surface area (Å²) in [6.45, 7) is 9.66. The molecule has 0 spiro atoms. The quantitative estimate of drug-likeness (QED) is 0.823. The van der Waals surface area contributed by atoms with E-state index in [9.17, 15) is 0 Å². The van der Waals surface area contributed by atoms with Crippen LogP contribution in [0.1, 0.15) is 38.2 Å². The van der Waals surface area contributed by atoms with Crippen molar-refractivity contribution in [3.63, 3.8) is 0 Å². The Hall–Kier alpha value is -0.800. The molecule has 0 aliphatic carbocycles. The molecular weight excluding hydrogens is 212 g/mol. The first-order valence-corrected chi connectivity index (χ1v) is 6.82. The van der Waals surface area contributed by atoms with Gasteiger partial charge in [-0.3, -0.25) is 4.90 Å². The number of hydrogen-bond donors (Lipinski definition) is 1. The Bertz CT molecular complexity index is 335. The van der Waals surface area contributed by atoms with E-state index in [1.54, 1.807) is 0 Å². The van der Waals surface area contributed by atoms with Gasteiger partial charge in [-0.2, -0.15) is 0 Å². The summed E-state index contributed by atoms with van der Waals surface area (Å²) in [4.78, 5) is 2.50. The number of hydrogen-bond acceptors (Lipinski definition) is 3. The van der Waals surface area contributed by atoms with Gasteiger partial charge in [-0.15, -0.1) is 0 Å². The molecular formula is C14H24N2O. The van der Waals surface area contributed by atoms with Gasteiger partial charge in [0, 0.05) is 6.54 Å². The second-order valence-electron chi connectivity index (χ2n) is 4.95. The zero-order chi connectivity index (χ0) is 12.1. The predicted octanol–water partition coefficient (Wildman–Crippen LogP) is 2.62. The van der Waals surface area contributed by atoms with Crippen LogP contribution in [0.25, 0.3) is 0 Å². The van der Waals surface area contributed by atoms with E-state index in [4.69, 9.17) is 4.42 Å². The lowest BCUT2D eigenvalue weighted by atomic mass is 10.1. The summed E-state index contributed by atoms with van der Waals surface area (Å²) in [6, 6.07) is 4.21. The van der Waals surface area contributed by atoms with E-state index in [0.29, 0.717) is 0 Å². The highest BCUT2D eigenvalue weighted by molar-refractivity contribution is 5.07. The van der Waals surface area contributed by atoms with Gasteiger partial charge in [0.1, 0.15) is 11.5 Å². The molecule has 3 heteroatoms. The summed E-state index contributed by atoms with van der Waals surface area (Å²) >= 11 is 0. The van der Waals surface area contributed by atoms with Gasteiger partial charge < -0.3 is 9.73 Å². The van der Waals surface area contributed by atoms with Gasteiger partial charge in [0.25, 0.3) is 0 Å². The molecule has 1 aliphatic heterocycles. The Balaban J connectivity index is 1.80. The van der Waals surface area contributed by atoms with Crippen LogP contribution in [0.2, 0.25) is 0 Å². The van der Waals surface area contributed by atoms with Crippen molar-refractivity contribution in [2.45, 2.75) is 39.8 Å². The number of likely N-dealkylation sites (tertiary alicyclic amines) is 1. The minimum atomic E-state index is 0.841. The fourth-order valence-electron chi connectivity index (χ4n) is 2.46. The number of nitrogens with one attached hydrogen (secondary N) is 1. The average Bonchev–Trinajstić information content (AvgIpc) is 2.96. The molecule has 17 heavy (non-hydrogen) atoms. The van der Waals surface area contributed by atoms with E-state index in [1.165, 1.54) is 25.9 Å². The third-order valence-corrected chi connectivity index (χ3v) is 3.59. The zero-order valence-corrected chi connectivity index (χ0v) is 11.0. The Morgan fingerprint density at radius 1 is 1.35 bits per heavy atom. The van der Waals surface area contributed by atoms with Gasteiger partial charge in [0.05, 0.1) is 13.1 Å². The maximum absolute atomic E-state index is 5.81. The van der Waals surface area contributed by atoms with Crippen LogP contribution in [0, 0.1) is 5.92 Å². The maximum atomic E-state index is 5.81. The Morgan fingerprint density at radius 2 is 2.18 bits per heavy atom. The lowest BCUT2D eigenvalue weighted by Crippen LogP contribution is -2.19. The first-order chi connectivity index (χ1) is 8.31.